The quantitative estimate of drug-likeness (QED) is 0.558. The smallest absolute Gasteiger partial charge is 0.263 e. The molecule has 35 heavy (non-hydrogen) atoms. The Bertz CT molecular complexity index is 1310. The van der Waals surface area contributed by atoms with Gasteiger partial charge in [-0.25, -0.2) is 0 Å². The first-order valence-corrected chi connectivity index (χ1v) is 11.5. The van der Waals surface area contributed by atoms with Gasteiger partial charge in [-0.2, -0.15) is 0 Å². The van der Waals surface area contributed by atoms with E-state index in [9.17, 15) is 14.4 Å². The van der Waals surface area contributed by atoms with Gasteiger partial charge in [0.1, 0.15) is 5.75 Å². The molecule has 0 radical (unpaired) electrons. The van der Waals surface area contributed by atoms with Gasteiger partial charge in [0.15, 0.2) is 11.5 Å². The molecule has 0 bridgehead atoms. The van der Waals surface area contributed by atoms with Gasteiger partial charge in [0.05, 0.1) is 31.8 Å². The van der Waals surface area contributed by atoms with Crippen LogP contribution in [0.4, 0.5) is 0 Å². The highest BCUT2D eigenvalue weighted by Crippen LogP contribution is 2.33. The minimum absolute atomic E-state index is 0.232. The molecule has 1 saturated heterocycles. The number of nitrogens with two attached hydrogens (primary N) is 1. The number of pyridine rings is 1. The largest absolute Gasteiger partial charge is 0.494 e. The number of aromatic nitrogens is 1. The third-order valence-electron chi connectivity index (χ3n) is 6.36. The molecule has 1 aliphatic rings. The fourth-order valence-electron chi connectivity index (χ4n) is 4.44. The molecule has 184 valence electrons. The molecule has 9 nitrogen and oxygen atoms in total. The lowest BCUT2D eigenvalue weighted by molar-refractivity contribution is -0.123. The summed E-state index contributed by atoms with van der Waals surface area (Å²) in [6.45, 7) is 3.24. The van der Waals surface area contributed by atoms with Crippen LogP contribution in [0.2, 0.25) is 0 Å². The van der Waals surface area contributed by atoms with E-state index in [0.29, 0.717) is 71.8 Å². The van der Waals surface area contributed by atoms with Crippen molar-refractivity contribution in [3.8, 4) is 22.9 Å². The van der Waals surface area contributed by atoms with Gasteiger partial charge < -0.3 is 24.8 Å². The van der Waals surface area contributed by atoms with Crippen molar-refractivity contribution in [2.45, 2.75) is 19.8 Å². The molecule has 2 aromatic carbocycles. The Hall–Kier alpha value is -4.01. The molecule has 0 unspecified atom stereocenters. The Morgan fingerprint density at radius 1 is 1.00 bits per heavy atom. The zero-order chi connectivity index (χ0) is 25.1. The number of carbonyl (C=O) groups is 2. The molecular weight excluding hydrogens is 450 g/mol. The van der Waals surface area contributed by atoms with Crippen LogP contribution in [0.3, 0.4) is 0 Å². The molecule has 1 fully saturated rings. The van der Waals surface area contributed by atoms with Crippen molar-refractivity contribution in [2.24, 2.45) is 11.7 Å². The van der Waals surface area contributed by atoms with Crippen LogP contribution in [-0.4, -0.2) is 55.2 Å². The van der Waals surface area contributed by atoms with E-state index in [-0.39, 0.29) is 23.3 Å². The van der Waals surface area contributed by atoms with Gasteiger partial charge >= 0.3 is 0 Å². The summed E-state index contributed by atoms with van der Waals surface area (Å²) in [6.07, 6.45) is 2.58. The Morgan fingerprint density at radius 3 is 2.14 bits per heavy atom. The second kappa shape index (κ2) is 10.1. The number of primary amides is 1. The molecular formula is C26H29N3O6. The predicted molar refractivity (Wildman–Crippen MR) is 132 cm³/mol. The maximum atomic E-state index is 13.7. The predicted octanol–water partition coefficient (Wildman–Crippen LogP) is 2.74. The van der Waals surface area contributed by atoms with E-state index in [1.807, 2.05) is 6.92 Å². The summed E-state index contributed by atoms with van der Waals surface area (Å²) in [5, 5.41) is 0.797. The number of hydrogen-bond donors (Lipinski definition) is 1. The number of nitrogens with zero attached hydrogens (tertiary/aromatic N) is 2. The zero-order valence-corrected chi connectivity index (χ0v) is 20.1. The summed E-state index contributed by atoms with van der Waals surface area (Å²) in [4.78, 5) is 40.5. The van der Waals surface area contributed by atoms with Gasteiger partial charge in [-0.1, -0.05) is 0 Å². The number of carbonyl (C=O) groups excluding carboxylic acids is 2. The lowest BCUT2D eigenvalue weighted by Gasteiger charge is -2.31. The summed E-state index contributed by atoms with van der Waals surface area (Å²) in [5.41, 5.74) is 6.10. The van der Waals surface area contributed by atoms with Gasteiger partial charge in [0.25, 0.3) is 11.5 Å². The van der Waals surface area contributed by atoms with Crippen LogP contribution in [0.1, 0.15) is 30.1 Å². The molecule has 3 aromatic rings. The fraction of sp³-hybridized carbons (Fsp3) is 0.346. The molecule has 9 heteroatoms. The van der Waals surface area contributed by atoms with Crippen molar-refractivity contribution in [3.05, 3.63) is 58.5 Å². The molecule has 2 heterocycles. The van der Waals surface area contributed by atoms with Crippen LogP contribution in [0, 0.1) is 5.92 Å². The number of methoxy groups -OCH3 is 2. The Kier molecular flexibility index (Phi) is 6.95. The highest BCUT2D eigenvalue weighted by molar-refractivity contribution is 6.07. The summed E-state index contributed by atoms with van der Waals surface area (Å²) in [6, 6.07) is 10.3. The molecule has 1 aliphatic heterocycles. The minimum Gasteiger partial charge on any atom is -0.494 e. The number of hydrogen-bond acceptors (Lipinski definition) is 6. The number of fused-ring (bicyclic) bond motifs is 1. The van der Waals surface area contributed by atoms with Crippen molar-refractivity contribution in [1.82, 2.24) is 9.47 Å². The van der Waals surface area contributed by atoms with Crippen LogP contribution in [0.25, 0.3) is 16.5 Å². The molecule has 1 aromatic heterocycles. The number of rotatable bonds is 7. The SMILES string of the molecule is CCOc1ccc(-n2cc(C(=O)N3CCC(C(N)=O)CC3)c3cc(OC)c(OC)cc3c2=O)cc1. The normalized spacial score (nSPS) is 14.1. The van der Waals surface area contributed by atoms with Gasteiger partial charge in [-0.3, -0.25) is 19.0 Å². The average molecular weight is 480 g/mol. The van der Waals surface area contributed by atoms with Crippen molar-refractivity contribution in [1.29, 1.82) is 0 Å². The molecule has 0 spiro atoms. The number of ether oxygens (including phenoxy) is 3. The number of amides is 2. The van der Waals surface area contributed by atoms with Crippen molar-refractivity contribution in [3.63, 3.8) is 0 Å². The summed E-state index contributed by atoms with van der Waals surface area (Å²) in [5.74, 6) is 0.679. The molecule has 2 amide bonds. The zero-order valence-electron chi connectivity index (χ0n) is 20.1. The van der Waals surface area contributed by atoms with Gasteiger partial charge in [0, 0.05) is 36.3 Å². The van der Waals surface area contributed by atoms with E-state index in [2.05, 4.69) is 0 Å². The van der Waals surface area contributed by atoms with Crippen molar-refractivity contribution >= 4 is 22.6 Å². The van der Waals surface area contributed by atoms with E-state index in [1.165, 1.54) is 18.8 Å². The second-order valence-electron chi connectivity index (χ2n) is 8.37. The first-order valence-electron chi connectivity index (χ1n) is 11.5. The fourth-order valence-corrected chi connectivity index (χ4v) is 4.44. The highest BCUT2D eigenvalue weighted by Gasteiger charge is 2.28. The van der Waals surface area contributed by atoms with Gasteiger partial charge in [-0.15, -0.1) is 0 Å². The minimum atomic E-state index is -0.344. The Labute approximate surface area is 203 Å². The van der Waals surface area contributed by atoms with E-state index in [1.54, 1.807) is 47.5 Å². The van der Waals surface area contributed by atoms with Crippen molar-refractivity contribution in [2.75, 3.05) is 33.9 Å². The molecule has 0 saturated carbocycles. The number of piperidine rings is 1. The van der Waals surface area contributed by atoms with Crippen LogP contribution in [0.5, 0.6) is 17.2 Å². The van der Waals surface area contributed by atoms with E-state index >= 15 is 0 Å². The molecule has 2 N–H and O–H groups in total. The second-order valence-corrected chi connectivity index (χ2v) is 8.37. The standard InChI is InChI=1S/C26H29N3O6/c1-4-35-18-7-5-17(6-8-18)29-15-21(25(31)28-11-9-16(10-12-28)24(27)30)19-13-22(33-2)23(34-3)14-20(19)26(29)32/h5-8,13-16H,4,9-12H2,1-3H3,(H2,27,30). The van der Waals surface area contributed by atoms with Gasteiger partial charge in [0.2, 0.25) is 5.91 Å². The Balaban J connectivity index is 1.85. The molecule has 0 atom stereocenters. The van der Waals surface area contributed by atoms with Crippen molar-refractivity contribution < 1.29 is 23.8 Å². The van der Waals surface area contributed by atoms with Gasteiger partial charge in [-0.05, 0) is 56.2 Å². The van der Waals surface area contributed by atoms with Crippen LogP contribution < -0.4 is 25.5 Å². The average Bonchev–Trinajstić information content (AvgIpc) is 2.88. The van der Waals surface area contributed by atoms with E-state index in [4.69, 9.17) is 19.9 Å². The summed E-state index contributed by atoms with van der Waals surface area (Å²) >= 11 is 0. The Morgan fingerprint density at radius 2 is 1.60 bits per heavy atom. The first-order chi connectivity index (χ1) is 16.9. The maximum Gasteiger partial charge on any atom is 0.263 e. The monoisotopic (exact) mass is 479 g/mol. The number of likely N-dealkylation sites (tertiary alicyclic amines) is 1. The summed E-state index contributed by atoms with van der Waals surface area (Å²) in [7, 11) is 2.99. The van der Waals surface area contributed by atoms with Crippen LogP contribution >= 0.6 is 0 Å². The van der Waals surface area contributed by atoms with E-state index < -0.39 is 0 Å². The first kappa shape index (κ1) is 24.1. The topological polar surface area (TPSA) is 113 Å². The van der Waals surface area contributed by atoms with Crippen LogP contribution in [0.15, 0.2) is 47.4 Å². The maximum absolute atomic E-state index is 13.7. The third kappa shape index (κ3) is 4.66. The third-order valence-corrected chi connectivity index (χ3v) is 6.36. The summed E-state index contributed by atoms with van der Waals surface area (Å²) < 4.78 is 17.8. The highest BCUT2D eigenvalue weighted by atomic mass is 16.5. The lowest BCUT2D eigenvalue weighted by Crippen LogP contribution is -2.42. The van der Waals surface area contributed by atoms with E-state index in [0.717, 1.165) is 0 Å². The molecule has 4 rings (SSSR count). The lowest BCUT2D eigenvalue weighted by atomic mass is 9.95. The van der Waals surface area contributed by atoms with Crippen LogP contribution in [-0.2, 0) is 4.79 Å². The molecule has 0 aliphatic carbocycles. The number of benzene rings is 2.